The van der Waals surface area contributed by atoms with E-state index in [9.17, 15) is 9.90 Å². The zero-order chi connectivity index (χ0) is 23.6. The lowest BCUT2D eigenvalue weighted by Crippen LogP contribution is -2.24. The highest BCUT2D eigenvalue weighted by Crippen LogP contribution is 2.47. The van der Waals surface area contributed by atoms with Crippen LogP contribution in [0.4, 0.5) is 0 Å². The molecule has 0 amide bonds. The van der Waals surface area contributed by atoms with Gasteiger partial charge >= 0.3 is 0 Å². The summed E-state index contributed by atoms with van der Waals surface area (Å²) in [6.07, 6.45) is 4.98. The van der Waals surface area contributed by atoms with E-state index in [0.29, 0.717) is 48.6 Å². The first-order chi connectivity index (χ1) is 16.5. The zero-order valence-corrected chi connectivity index (χ0v) is 20.2. The second-order valence-electron chi connectivity index (χ2n) is 8.20. The van der Waals surface area contributed by atoms with Crippen LogP contribution in [0.3, 0.4) is 0 Å². The summed E-state index contributed by atoms with van der Waals surface area (Å²) < 4.78 is 13.0. The minimum Gasteiger partial charge on any atom is -0.505 e. The van der Waals surface area contributed by atoms with E-state index in [4.69, 9.17) is 37.3 Å². The fourth-order valence-corrected chi connectivity index (χ4v) is 5.84. The zero-order valence-electron chi connectivity index (χ0n) is 17.8. The minimum atomic E-state index is -0.250. The highest BCUT2D eigenvalue weighted by molar-refractivity contribution is 7.25. The van der Waals surface area contributed by atoms with E-state index in [1.165, 1.54) is 17.7 Å². The minimum absolute atomic E-state index is 0.0586. The fraction of sp³-hybridized carbons (Fsp3) is 0.208. The third-order valence-electron chi connectivity index (χ3n) is 6.07. The SMILES string of the molecule is COc1cc(-c2nc3sc4c(O)c(Cl)ccc4c3c(=O)n2Cc2cnco2)c(C2CC2)cc1Cl. The number of ether oxygens (including phenoxy) is 1. The summed E-state index contributed by atoms with van der Waals surface area (Å²) in [5, 5.41) is 12.3. The normalized spacial score (nSPS) is 13.7. The van der Waals surface area contributed by atoms with Gasteiger partial charge < -0.3 is 14.3 Å². The second-order valence-corrected chi connectivity index (χ2v) is 10.0. The lowest BCUT2D eigenvalue weighted by molar-refractivity contribution is 0.415. The molecule has 1 saturated carbocycles. The van der Waals surface area contributed by atoms with Gasteiger partial charge in [0.15, 0.2) is 12.1 Å². The van der Waals surface area contributed by atoms with Gasteiger partial charge in [0.2, 0.25) is 0 Å². The number of benzene rings is 2. The number of hydrogen-bond donors (Lipinski definition) is 1. The number of aromatic hydroxyl groups is 1. The largest absolute Gasteiger partial charge is 0.505 e. The van der Waals surface area contributed by atoms with Crippen molar-refractivity contribution in [3.63, 3.8) is 0 Å². The topological polar surface area (TPSA) is 90.4 Å². The third kappa shape index (κ3) is 3.36. The van der Waals surface area contributed by atoms with Crippen molar-refractivity contribution >= 4 is 54.8 Å². The van der Waals surface area contributed by atoms with Crippen molar-refractivity contribution in [2.24, 2.45) is 0 Å². The summed E-state index contributed by atoms with van der Waals surface area (Å²) in [6.45, 7) is 0.142. The molecule has 1 aliphatic carbocycles. The van der Waals surface area contributed by atoms with Crippen molar-refractivity contribution in [1.82, 2.24) is 14.5 Å². The van der Waals surface area contributed by atoms with Gasteiger partial charge in [0.1, 0.15) is 22.2 Å². The predicted molar refractivity (Wildman–Crippen MR) is 133 cm³/mol. The molecule has 7 nitrogen and oxygen atoms in total. The first kappa shape index (κ1) is 21.5. The van der Waals surface area contributed by atoms with E-state index in [2.05, 4.69) is 4.98 Å². The molecule has 1 fully saturated rings. The molecule has 2 aromatic carbocycles. The average Bonchev–Trinajstić information content (AvgIpc) is 3.41. The third-order valence-corrected chi connectivity index (χ3v) is 7.77. The van der Waals surface area contributed by atoms with Crippen molar-refractivity contribution in [2.75, 3.05) is 7.11 Å². The summed E-state index contributed by atoms with van der Waals surface area (Å²) in [5.41, 5.74) is 1.55. The molecule has 1 N–H and O–H groups in total. The van der Waals surface area contributed by atoms with Crippen LogP contribution in [0.2, 0.25) is 10.0 Å². The Hall–Kier alpha value is -3.07. The van der Waals surface area contributed by atoms with Crippen LogP contribution in [0.1, 0.15) is 30.1 Å². The Labute approximate surface area is 207 Å². The molecule has 6 rings (SSSR count). The van der Waals surface area contributed by atoms with E-state index in [-0.39, 0.29) is 22.9 Å². The molecule has 0 saturated heterocycles. The van der Waals surface area contributed by atoms with Crippen LogP contribution in [-0.4, -0.2) is 26.8 Å². The summed E-state index contributed by atoms with van der Waals surface area (Å²) in [5.74, 6) is 1.78. The first-order valence-electron chi connectivity index (χ1n) is 10.6. The fourth-order valence-electron chi connectivity index (χ4n) is 4.26. The van der Waals surface area contributed by atoms with Crippen LogP contribution in [-0.2, 0) is 6.54 Å². The number of hydrogen-bond acceptors (Lipinski definition) is 7. The Kier molecular flexibility index (Phi) is 5.05. The molecule has 0 bridgehead atoms. The Morgan fingerprint density at radius 2 is 2.09 bits per heavy atom. The Morgan fingerprint density at radius 1 is 1.26 bits per heavy atom. The Bertz CT molecular complexity index is 1640. The van der Waals surface area contributed by atoms with Gasteiger partial charge in [-0.15, -0.1) is 11.3 Å². The molecule has 0 aliphatic heterocycles. The van der Waals surface area contributed by atoms with Crippen LogP contribution in [0.25, 0.3) is 31.7 Å². The van der Waals surface area contributed by atoms with Crippen LogP contribution in [0.5, 0.6) is 11.5 Å². The molecule has 0 atom stereocenters. The van der Waals surface area contributed by atoms with Gasteiger partial charge in [0.25, 0.3) is 5.56 Å². The number of thiophene rings is 1. The molecule has 5 aromatic rings. The van der Waals surface area contributed by atoms with E-state index in [1.54, 1.807) is 30.0 Å². The van der Waals surface area contributed by atoms with Gasteiger partial charge in [0.05, 0.1) is 40.0 Å². The van der Waals surface area contributed by atoms with Crippen LogP contribution >= 0.6 is 34.5 Å². The van der Waals surface area contributed by atoms with Crippen molar-refractivity contribution in [3.8, 4) is 22.9 Å². The quantitative estimate of drug-likeness (QED) is 0.300. The Balaban J connectivity index is 1.71. The molecular weight excluding hydrogens is 497 g/mol. The lowest BCUT2D eigenvalue weighted by Gasteiger charge is -2.16. The van der Waals surface area contributed by atoms with Gasteiger partial charge in [0, 0.05) is 10.9 Å². The molecule has 172 valence electrons. The number of oxazole rings is 1. The summed E-state index contributed by atoms with van der Waals surface area (Å²) in [6, 6.07) is 7.05. The number of fused-ring (bicyclic) bond motifs is 3. The highest BCUT2D eigenvalue weighted by Gasteiger charge is 2.30. The molecule has 0 spiro atoms. The van der Waals surface area contributed by atoms with Gasteiger partial charge in [-0.2, -0.15) is 0 Å². The number of rotatable bonds is 5. The molecule has 3 aromatic heterocycles. The van der Waals surface area contributed by atoms with Gasteiger partial charge in [-0.05, 0) is 42.5 Å². The van der Waals surface area contributed by atoms with Crippen molar-refractivity contribution in [2.45, 2.75) is 25.3 Å². The maximum atomic E-state index is 13.9. The summed E-state index contributed by atoms with van der Waals surface area (Å²) in [4.78, 5) is 23.4. The summed E-state index contributed by atoms with van der Waals surface area (Å²) >= 11 is 13.8. The standard InChI is InChI=1S/C24H17Cl2N3O4S/c1-32-18-7-15(14(6-17(18)26)11-2-3-11)22-28-23-19(13-4-5-16(25)20(30)21(13)34-23)24(31)29(22)9-12-8-27-10-33-12/h4-8,10-11,30H,2-3,9H2,1H3. The number of nitrogens with zero attached hydrogens (tertiary/aromatic N) is 3. The van der Waals surface area contributed by atoms with Crippen molar-refractivity contribution in [3.05, 3.63) is 68.6 Å². The molecule has 34 heavy (non-hydrogen) atoms. The smallest absolute Gasteiger partial charge is 0.263 e. The molecule has 0 radical (unpaired) electrons. The number of aromatic nitrogens is 3. The lowest BCUT2D eigenvalue weighted by atomic mass is 10.0. The van der Waals surface area contributed by atoms with Crippen LogP contribution in [0.15, 0.2) is 46.1 Å². The van der Waals surface area contributed by atoms with Crippen LogP contribution in [0, 0.1) is 0 Å². The molecule has 10 heteroatoms. The van der Waals surface area contributed by atoms with E-state index < -0.39 is 0 Å². The van der Waals surface area contributed by atoms with E-state index >= 15 is 0 Å². The number of phenols is 1. The van der Waals surface area contributed by atoms with E-state index in [1.807, 2.05) is 12.1 Å². The highest BCUT2D eigenvalue weighted by atomic mass is 35.5. The number of methoxy groups -OCH3 is 1. The van der Waals surface area contributed by atoms with Crippen molar-refractivity contribution < 1.29 is 14.3 Å². The van der Waals surface area contributed by atoms with E-state index in [0.717, 1.165) is 24.0 Å². The molecule has 3 heterocycles. The monoisotopic (exact) mass is 513 g/mol. The average molecular weight is 514 g/mol. The Morgan fingerprint density at radius 3 is 2.79 bits per heavy atom. The maximum Gasteiger partial charge on any atom is 0.263 e. The number of phenolic OH excluding ortho intramolecular Hbond substituents is 1. The van der Waals surface area contributed by atoms with Gasteiger partial charge in [-0.1, -0.05) is 29.3 Å². The second kappa shape index (κ2) is 8.01. The van der Waals surface area contributed by atoms with Crippen LogP contribution < -0.4 is 10.3 Å². The predicted octanol–water partition coefficient (Wildman–Crippen LogP) is 6.21. The number of halogens is 2. The summed E-state index contributed by atoms with van der Waals surface area (Å²) in [7, 11) is 1.55. The maximum absolute atomic E-state index is 13.9. The van der Waals surface area contributed by atoms with Crippen molar-refractivity contribution in [1.29, 1.82) is 0 Å². The molecular formula is C24H17Cl2N3O4S. The first-order valence-corrected chi connectivity index (χ1v) is 12.1. The van der Waals surface area contributed by atoms with Gasteiger partial charge in [-0.3, -0.25) is 9.36 Å². The molecule has 1 aliphatic rings. The van der Waals surface area contributed by atoms with Gasteiger partial charge in [-0.25, -0.2) is 9.97 Å². The molecule has 0 unspecified atom stereocenters.